The Balaban J connectivity index is 3.05. The molecule has 0 bridgehead atoms. The molecule has 1 unspecified atom stereocenters. The van der Waals surface area contributed by atoms with Crippen molar-refractivity contribution in [2.45, 2.75) is 6.92 Å². The van der Waals surface area contributed by atoms with Crippen molar-refractivity contribution in [3.8, 4) is 0 Å². The third-order valence-electron chi connectivity index (χ3n) is 0.501. The second-order valence-electron chi connectivity index (χ2n) is 1.07. The van der Waals surface area contributed by atoms with Crippen molar-refractivity contribution in [2.75, 3.05) is 6.61 Å². The van der Waals surface area contributed by atoms with E-state index in [0.29, 0.717) is 0 Å². The van der Waals surface area contributed by atoms with E-state index in [2.05, 4.69) is 4.18 Å². The minimum atomic E-state index is -2.12. The smallest absolute Gasteiger partial charge is 0.284 e. The number of rotatable bonds is 3. The predicted molar refractivity (Wildman–Crippen MR) is 31.5 cm³/mol. The van der Waals surface area contributed by atoms with E-state index < -0.39 is 11.4 Å². The van der Waals surface area contributed by atoms with Crippen LogP contribution in [0.25, 0.3) is 0 Å². The molecule has 0 aliphatic rings. The number of allylic oxidation sites excluding steroid dienone is 1. The summed E-state index contributed by atoms with van der Waals surface area (Å²) in [4.78, 5) is 0. The molecule has 4 heteroatoms. The highest BCUT2D eigenvalue weighted by atomic mass is 32.2. The third-order valence-corrected chi connectivity index (χ3v) is 0.839. The quantitative estimate of drug-likeness (QED) is 0.459. The molecule has 0 radical (unpaired) electrons. The van der Waals surface area contributed by atoms with E-state index in [0.717, 1.165) is 0 Å². The topological polar surface area (TPSA) is 46.5 Å². The maximum absolute atomic E-state index is 9.73. The summed E-state index contributed by atoms with van der Waals surface area (Å²) in [6.45, 7) is 2.00. The zero-order valence-corrected chi connectivity index (χ0v) is 5.35. The molecule has 0 fully saturated rings. The fraction of sp³-hybridized carbons (Fsp3) is 0.500. The Morgan fingerprint density at radius 3 is 2.88 bits per heavy atom. The van der Waals surface area contributed by atoms with Crippen molar-refractivity contribution >= 4 is 11.4 Å². The predicted octanol–water partition coefficient (Wildman–Crippen LogP) is 0.716. The van der Waals surface area contributed by atoms with Crippen molar-refractivity contribution < 1.29 is 12.9 Å². The van der Waals surface area contributed by atoms with Crippen LogP contribution in [-0.4, -0.2) is 15.4 Å². The van der Waals surface area contributed by atoms with Crippen molar-refractivity contribution in [3.05, 3.63) is 12.2 Å². The van der Waals surface area contributed by atoms with Gasteiger partial charge >= 0.3 is 11.4 Å². The van der Waals surface area contributed by atoms with Gasteiger partial charge in [-0.25, -0.2) is 0 Å². The first kappa shape index (κ1) is 7.81. The lowest BCUT2D eigenvalue weighted by Crippen LogP contribution is -1.93. The molecular formula is C4H8O3S. The Morgan fingerprint density at radius 2 is 2.50 bits per heavy atom. The lowest BCUT2D eigenvalue weighted by atomic mass is 10.6. The zero-order chi connectivity index (χ0) is 6.41. The summed E-state index contributed by atoms with van der Waals surface area (Å²) in [5.41, 5.74) is 0. The van der Waals surface area contributed by atoms with Gasteiger partial charge in [-0.15, -0.1) is 0 Å². The molecule has 0 aromatic carbocycles. The highest BCUT2D eigenvalue weighted by Crippen LogP contribution is 1.78. The average Bonchev–Trinajstić information content (AvgIpc) is 1.66. The molecular weight excluding hydrogens is 128 g/mol. The van der Waals surface area contributed by atoms with Crippen LogP contribution in [-0.2, 0) is 15.5 Å². The van der Waals surface area contributed by atoms with Crippen LogP contribution in [0.15, 0.2) is 12.2 Å². The summed E-state index contributed by atoms with van der Waals surface area (Å²) in [5, 5.41) is 0. The molecule has 0 aliphatic carbocycles. The molecule has 3 nitrogen and oxygen atoms in total. The van der Waals surface area contributed by atoms with E-state index in [1.807, 2.05) is 6.92 Å². The Morgan fingerprint density at radius 1 is 1.88 bits per heavy atom. The standard InChI is InChI=1S/C4H8O3S/c1-2-3-4-7-8(5)6/h2-3H,4H2,1H3,(H,5,6)/b3-2+. The fourth-order valence-electron chi connectivity index (χ4n) is 0.194. The highest BCUT2D eigenvalue weighted by molar-refractivity contribution is 7.74. The molecule has 0 heterocycles. The second-order valence-corrected chi connectivity index (χ2v) is 1.74. The molecule has 0 amide bonds. The van der Waals surface area contributed by atoms with Crippen molar-refractivity contribution in [1.82, 2.24) is 0 Å². The number of hydrogen-bond acceptors (Lipinski definition) is 2. The normalized spacial score (nSPS) is 14.8. The zero-order valence-electron chi connectivity index (χ0n) is 4.53. The summed E-state index contributed by atoms with van der Waals surface area (Å²) < 4.78 is 21.9. The third kappa shape index (κ3) is 5.81. The van der Waals surface area contributed by atoms with Crippen LogP contribution in [0.4, 0.5) is 0 Å². The first-order chi connectivity index (χ1) is 3.77. The molecule has 8 heavy (non-hydrogen) atoms. The summed E-state index contributed by atoms with van der Waals surface area (Å²) in [6, 6.07) is 0. The Kier molecular flexibility index (Phi) is 4.84. The van der Waals surface area contributed by atoms with Gasteiger partial charge in [-0.1, -0.05) is 12.2 Å². The summed E-state index contributed by atoms with van der Waals surface area (Å²) in [6.07, 6.45) is 3.39. The summed E-state index contributed by atoms with van der Waals surface area (Å²) in [5.74, 6) is 0. The van der Waals surface area contributed by atoms with Crippen molar-refractivity contribution in [2.24, 2.45) is 0 Å². The summed E-state index contributed by atoms with van der Waals surface area (Å²) >= 11 is -2.12. The van der Waals surface area contributed by atoms with Crippen LogP contribution in [0.1, 0.15) is 6.92 Å². The fourth-order valence-corrected chi connectivity index (χ4v) is 0.389. The van der Waals surface area contributed by atoms with Crippen LogP contribution in [0.5, 0.6) is 0 Å². The molecule has 48 valence electrons. The van der Waals surface area contributed by atoms with Crippen LogP contribution in [0.2, 0.25) is 0 Å². The van der Waals surface area contributed by atoms with Gasteiger partial charge < -0.3 is 0 Å². The van der Waals surface area contributed by atoms with Crippen molar-refractivity contribution in [3.63, 3.8) is 0 Å². The minimum absolute atomic E-state index is 0.194. The molecule has 0 aromatic rings. The van der Waals surface area contributed by atoms with Gasteiger partial charge in [0.1, 0.15) is 0 Å². The van der Waals surface area contributed by atoms with E-state index in [9.17, 15) is 4.21 Å². The largest absolute Gasteiger partial charge is 0.302 e. The van der Waals surface area contributed by atoms with Gasteiger partial charge in [-0.05, 0) is 6.92 Å². The lowest BCUT2D eigenvalue weighted by molar-refractivity contribution is 0.342. The molecule has 0 aliphatic heterocycles. The van der Waals surface area contributed by atoms with Gasteiger partial charge in [0.25, 0.3) is 0 Å². The van der Waals surface area contributed by atoms with E-state index in [-0.39, 0.29) is 6.61 Å². The monoisotopic (exact) mass is 136 g/mol. The Bertz CT molecular complexity index is 99.5. The van der Waals surface area contributed by atoms with Crippen LogP contribution >= 0.6 is 0 Å². The Hall–Kier alpha value is -0.190. The van der Waals surface area contributed by atoms with Gasteiger partial charge in [0.2, 0.25) is 0 Å². The SMILES string of the molecule is C/C=C/COS(=O)O. The van der Waals surface area contributed by atoms with Crippen LogP contribution in [0, 0.1) is 0 Å². The van der Waals surface area contributed by atoms with Crippen LogP contribution in [0.3, 0.4) is 0 Å². The second kappa shape index (κ2) is 4.96. The summed E-state index contributed by atoms with van der Waals surface area (Å²) in [7, 11) is 0. The first-order valence-electron chi connectivity index (χ1n) is 2.12. The van der Waals surface area contributed by atoms with E-state index >= 15 is 0 Å². The van der Waals surface area contributed by atoms with Gasteiger partial charge in [-0.2, -0.15) is 4.21 Å². The van der Waals surface area contributed by atoms with E-state index in [4.69, 9.17) is 4.55 Å². The maximum Gasteiger partial charge on any atom is 0.302 e. The van der Waals surface area contributed by atoms with Gasteiger partial charge in [0.05, 0.1) is 6.61 Å². The molecule has 0 spiro atoms. The average molecular weight is 136 g/mol. The molecule has 0 rings (SSSR count). The lowest BCUT2D eigenvalue weighted by Gasteiger charge is -1.87. The molecule has 0 aromatic heterocycles. The molecule has 1 N–H and O–H groups in total. The molecule has 0 saturated carbocycles. The van der Waals surface area contributed by atoms with Gasteiger partial charge in [0.15, 0.2) is 0 Å². The first-order valence-corrected chi connectivity index (χ1v) is 3.16. The van der Waals surface area contributed by atoms with E-state index in [1.165, 1.54) is 0 Å². The van der Waals surface area contributed by atoms with E-state index in [1.54, 1.807) is 12.2 Å². The van der Waals surface area contributed by atoms with Gasteiger partial charge in [-0.3, -0.25) is 8.74 Å². The molecule has 0 saturated heterocycles. The maximum atomic E-state index is 9.73. The minimum Gasteiger partial charge on any atom is -0.284 e. The number of hydrogen-bond donors (Lipinski definition) is 1. The van der Waals surface area contributed by atoms with Gasteiger partial charge in [0, 0.05) is 0 Å². The molecule has 1 atom stereocenters. The highest BCUT2D eigenvalue weighted by Gasteiger charge is 1.85. The van der Waals surface area contributed by atoms with Crippen LogP contribution < -0.4 is 0 Å². The Labute approximate surface area is 50.8 Å². The van der Waals surface area contributed by atoms with Crippen molar-refractivity contribution in [1.29, 1.82) is 0 Å².